The van der Waals surface area contributed by atoms with Crippen LogP contribution in [0.1, 0.15) is 10.7 Å². The molecule has 100 valence electrons. The summed E-state index contributed by atoms with van der Waals surface area (Å²) in [6.45, 7) is 7.97. The van der Waals surface area contributed by atoms with Crippen LogP contribution in [-0.2, 0) is 6.42 Å². The lowest BCUT2D eigenvalue weighted by atomic mass is 9.98. The second-order valence-corrected chi connectivity index (χ2v) is 6.21. The van der Waals surface area contributed by atoms with Gasteiger partial charge in [-0.15, -0.1) is 11.3 Å². The van der Waals surface area contributed by atoms with Crippen LogP contribution in [0.25, 0.3) is 0 Å². The molecular formula is C12H21N5S. The lowest BCUT2D eigenvalue weighted by molar-refractivity contribution is -0.00315. The highest BCUT2D eigenvalue weighted by Crippen LogP contribution is 2.21. The standard InChI is InChI=1S/C12H21N5S/c1-9-8-18-12(14-9)6-10(15-13)11-7-16-2-4-17(11)5-3-16/h8,10-11,15H,2-7,13H2,1H3. The molecule has 0 amide bonds. The zero-order chi connectivity index (χ0) is 12.5. The summed E-state index contributed by atoms with van der Waals surface area (Å²) >= 11 is 1.74. The molecule has 1 aromatic rings. The van der Waals surface area contributed by atoms with Crippen LogP contribution in [0.15, 0.2) is 5.38 Å². The summed E-state index contributed by atoms with van der Waals surface area (Å²) in [5.74, 6) is 5.77. The molecule has 6 heteroatoms. The molecule has 3 aliphatic heterocycles. The minimum Gasteiger partial charge on any atom is -0.299 e. The van der Waals surface area contributed by atoms with Crippen molar-refractivity contribution < 1.29 is 0 Å². The SMILES string of the molecule is Cc1csc(CC(NN)C2CN3CCN2CC3)n1. The van der Waals surface area contributed by atoms with Gasteiger partial charge in [0.1, 0.15) is 0 Å². The van der Waals surface area contributed by atoms with Crippen molar-refractivity contribution in [2.24, 2.45) is 5.84 Å². The highest BCUT2D eigenvalue weighted by molar-refractivity contribution is 7.09. The van der Waals surface area contributed by atoms with Crippen molar-refractivity contribution in [2.45, 2.75) is 25.4 Å². The summed E-state index contributed by atoms with van der Waals surface area (Å²) in [5.41, 5.74) is 4.12. The molecule has 4 heterocycles. The minimum absolute atomic E-state index is 0.304. The fourth-order valence-electron chi connectivity index (χ4n) is 3.03. The predicted molar refractivity (Wildman–Crippen MR) is 73.5 cm³/mol. The van der Waals surface area contributed by atoms with Crippen molar-refractivity contribution in [3.05, 3.63) is 16.1 Å². The van der Waals surface area contributed by atoms with E-state index in [4.69, 9.17) is 5.84 Å². The lowest BCUT2D eigenvalue weighted by Gasteiger charge is -2.49. The molecule has 0 saturated carbocycles. The maximum atomic E-state index is 5.77. The maximum Gasteiger partial charge on any atom is 0.0944 e. The Morgan fingerprint density at radius 1 is 1.50 bits per heavy atom. The molecule has 4 rings (SSSR count). The van der Waals surface area contributed by atoms with Crippen LogP contribution in [-0.4, -0.2) is 59.6 Å². The second-order valence-electron chi connectivity index (χ2n) is 5.26. The monoisotopic (exact) mass is 267 g/mol. The van der Waals surface area contributed by atoms with Gasteiger partial charge < -0.3 is 0 Å². The number of aryl methyl sites for hydroxylation is 1. The third-order valence-corrected chi connectivity index (χ3v) is 5.05. The summed E-state index contributed by atoms with van der Waals surface area (Å²) in [7, 11) is 0. The van der Waals surface area contributed by atoms with Crippen molar-refractivity contribution >= 4 is 11.3 Å². The topological polar surface area (TPSA) is 57.4 Å². The third kappa shape index (κ3) is 2.44. The normalized spacial score (nSPS) is 32.7. The molecule has 0 aliphatic carbocycles. The summed E-state index contributed by atoms with van der Waals surface area (Å²) < 4.78 is 0. The molecule has 0 radical (unpaired) electrons. The Morgan fingerprint density at radius 2 is 2.28 bits per heavy atom. The zero-order valence-electron chi connectivity index (χ0n) is 10.8. The number of fused-ring (bicyclic) bond motifs is 3. The summed E-state index contributed by atoms with van der Waals surface area (Å²) in [6.07, 6.45) is 0.935. The number of piperazine rings is 3. The number of hydrogen-bond donors (Lipinski definition) is 2. The number of nitrogens with two attached hydrogens (primary N) is 1. The Hall–Kier alpha value is -0.530. The fourth-order valence-corrected chi connectivity index (χ4v) is 3.86. The van der Waals surface area contributed by atoms with Gasteiger partial charge in [-0.1, -0.05) is 0 Å². The average molecular weight is 267 g/mol. The van der Waals surface area contributed by atoms with E-state index in [0.717, 1.165) is 18.7 Å². The molecule has 2 atom stereocenters. The molecule has 0 spiro atoms. The number of nitrogens with zero attached hydrogens (tertiary/aromatic N) is 3. The second kappa shape index (κ2) is 5.22. The number of hydrogen-bond acceptors (Lipinski definition) is 6. The van der Waals surface area contributed by atoms with Crippen LogP contribution in [0.4, 0.5) is 0 Å². The molecule has 3 saturated heterocycles. The van der Waals surface area contributed by atoms with Crippen LogP contribution in [0, 0.1) is 6.92 Å². The fraction of sp³-hybridized carbons (Fsp3) is 0.750. The van der Waals surface area contributed by atoms with E-state index >= 15 is 0 Å². The van der Waals surface area contributed by atoms with Gasteiger partial charge in [-0.2, -0.15) is 0 Å². The van der Waals surface area contributed by atoms with Gasteiger partial charge in [-0.05, 0) is 6.92 Å². The molecule has 1 aromatic heterocycles. The Morgan fingerprint density at radius 3 is 2.78 bits per heavy atom. The van der Waals surface area contributed by atoms with E-state index in [1.165, 1.54) is 31.2 Å². The van der Waals surface area contributed by atoms with Gasteiger partial charge in [-0.25, -0.2) is 4.98 Å². The van der Waals surface area contributed by atoms with Gasteiger partial charge in [0.15, 0.2) is 0 Å². The molecule has 3 aliphatic rings. The Labute approximate surface area is 112 Å². The van der Waals surface area contributed by atoms with Crippen molar-refractivity contribution in [1.82, 2.24) is 20.2 Å². The van der Waals surface area contributed by atoms with Crippen molar-refractivity contribution in [2.75, 3.05) is 32.7 Å². The van der Waals surface area contributed by atoms with E-state index in [2.05, 4.69) is 25.6 Å². The summed E-state index contributed by atoms with van der Waals surface area (Å²) in [5, 5.41) is 3.30. The Kier molecular flexibility index (Phi) is 3.63. The first-order valence-corrected chi connectivity index (χ1v) is 7.48. The quantitative estimate of drug-likeness (QED) is 0.586. The molecular weight excluding hydrogens is 246 g/mol. The largest absolute Gasteiger partial charge is 0.299 e. The minimum atomic E-state index is 0.304. The first-order valence-electron chi connectivity index (χ1n) is 6.60. The van der Waals surface area contributed by atoms with Gasteiger partial charge in [0, 0.05) is 62.3 Å². The van der Waals surface area contributed by atoms with Crippen LogP contribution in [0.2, 0.25) is 0 Å². The van der Waals surface area contributed by atoms with Crippen molar-refractivity contribution in [3.8, 4) is 0 Å². The lowest BCUT2D eigenvalue weighted by Crippen LogP contribution is -2.67. The number of hydrazine groups is 1. The van der Waals surface area contributed by atoms with E-state index in [-0.39, 0.29) is 0 Å². The number of rotatable bonds is 4. The molecule has 2 bridgehead atoms. The van der Waals surface area contributed by atoms with E-state index in [9.17, 15) is 0 Å². The van der Waals surface area contributed by atoms with Crippen LogP contribution >= 0.6 is 11.3 Å². The number of thiazole rings is 1. The van der Waals surface area contributed by atoms with E-state index in [1.807, 2.05) is 6.92 Å². The number of nitrogens with one attached hydrogen (secondary N) is 1. The summed E-state index contributed by atoms with van der Waals surface area (Å²) in [6, 6.07) is 0.834. The van der Waals surface area contributed by atoms with Gasteiger partial charge in [0.05, 0.1) is 5.01 Å². The van der Waals surface area contributed by atoms with Gasteiger partial charge in [-0.3, -0.25) is 21.1 Å². The average Bonchev–Trinajstić information content (AvgIpc) is 2.83. The molecule has 2 unspecified atom stereocenters. The van der Waals surface area contributed by atoms with Crippen molar-refractivity contribution in [3.63, 3.8) is 0 Å². The highest BCUT2D eigenvalue weighted by Gasteiger charge is 2.36. The molecule has 18 heavy (non-hydrogen) atoms. The first-order chi connectivity index (χ1) is 8.76. The van der Waals surface area contributed by atoms with Crippen LogP contribution in [0.5, 0.6) is 0 Å². The van der Waals surface area contributed by atoms with E-state index in [0.29, 0.717) is 12.1 Å². The predicted octanol–water partition coefficient (Wildman–Crippen LogP) is -0.174. The van der Waals surface area contributed by atoms with Crippen LogP contribution < -0.4 is 11.3 Å². The smallest absolute Gasteiger partial charge is 0.0944 e. The maximum absolute atomic E-state index is 5.77. The highest BCUT2D eigenvalue weighted by atomic mass is 32.1. The molecule has 3 fully saturated rings. The van der Waals surface area contributed by atoms with Gasteiger partial charge in [0.25, 0.3) is 0 Å². The zero-order valence-corrected chi connectivity index (χ0v) is 11.6. The molecule has 5 nitrogen and oxygen atoms in total. The van der Waals surface area contributed by atoms with Crippen molar-refractivity contribution in [1.29, 1.82) is 0 Å². The van der Waals surface area contributed by atoms with Crippen LogP contribution in [0.3, 0.4) is 0 Å². The molecule has 0 aromatic carbocycles. The van der Waals surface area contributed by atoms with Gasteiger partial charge in [0.2, 0.25) is 0 Å². The Balaban J connectivity index is 1.68. The number of aromatic nitrogens is 1. The third-order valence-electron chi connectivity index (χ3n) is 4.06. The molecule has 3 N–H and O–H groups in total. The summed E-state index contributed by atoms with van der Waals surface area (Å²) in [4.78, 5) is 9.66. The van der Waals surface area contributed by atoms with Gasteiger partial charge >= 0.3 is 0 Å². The Bertz CT molecular complexity index is 399. The van der Waals surface area contributed by atoms with E-state index < -0.39 is 0 Å². The first kappa shape index (κ1) is 12.5. The van der Waals surface area contributed by atoms with E-state index in [1.54, 1.807) is 11.3 Å².